The van der Waals surface area contributed by atoms with Crippen LogP contribution >= 0.6 is 0 Å². The maximum absolute atomic E-state index is 6.01. The van der Waals surface area contributed by atoms with Crippen LogP contribution in [0.2, 0.25) is 0 Å². The second-order valence-electron chi connectivity index (χ2n) is 6.79. The SMILES string of the molecule is Cn1nccc1[C@@H]1OCC[C@H]1CN1CCN(Cc2ccon2)CC1. The van der Waals surface area contributed by atoms with Crippen LogP contribution in [0.1, 0.15) is 23.9 Å². The van der Waals surface area contributed by atoms with Gasteiger partial charge in [0.2, 0.25) is 0 Å². The molecule has 0 aliphatic carbocycles. The molecule has 0 unspecified atom stereocenters. The van der Waals surface area contributed by atoms with Crippen LogP contribution in [0.15, 0.2) is 29.1 Å². The van der Waals surface area contributed by atoms with Gasteiger partial charge in [-0.2, -0.15) is 5.10 Å². The molecule has 0 bridgehead atoms. The zero-order valence-electron chi connectivity index (χ0n) is 14.2. The first kappa shape index (κ1) is 15.8. The lowest BCUT2D eigenvalue weighted by atomic mass is 9.98. The van der Waals surface area contributed by atoms with Crippen LogP contribution in [0.25, 0.3) is 0 Å². The summed E-state index contributed by atoms with van der Waals surface area (Å²) in [6.45, 7) is 7.21. The van der Waals surface area contributed by atoms with Crippen LogP contribution in [-0.4, -0.2) is 64.1 Å². The Kier molecular flexibility index (Phi) is 4.64. The maximum Gasteiger partial charge on any atom is 0.124 e. The van der Waals surface area contributed by atoms with Gasteiger partial charge in [0.05, 0.1) is 11.4 Å². The monoisotopic (exact) mass is 331 g/mol. The summed E-state index contributed by atoms with van der Waals surface area (Å²) in [7, 11) is 2.00. The highest BCUT2D eigenvalue weighted by Crippen LogP contribution is 2.34. The minimum Gasteiger partial charge on any atom is -0.372 e. The van der Waals surface area contributed by atoms with Gasteiger partial charge >= 0.3 is 0 Å². The van der Waals surface area contributed by atoms with E-state index in [-0.39, 0.29) is 6.10 Å². The fraction of sp³-hybridized carbons (Fsp3) is 0.647. The minimum absolute atomic E-state index is 0.186. The number of ether oxygens (including phenoxy) is 1. The molecule has 0 spiro atoms. The van der Waals surface area contributed by atoms with Gasteiger partial charge in [0.15, 0.2) is 0 Å². The molecule has 4 rings (SSSR count). The number of hydrogen-bond acceptors (Lipinski definition) is 6. The Morgan fingerprint density at radius 2 is 2.00 bits per heavy atom. The maximum atomic E-state index is 6.01. The number of nitrogens with zero attached hydrogens (tertiary/aromatic N) is 5. The number of piperazine rings is 1. The Balaban J connectivity index is 1.29. The van der Waals surface area contributed by atoms with Crippen LogP contribution in [0.4, 0.5) is 0 Å². The van der Waals surface area contributed by atoms with Crippen LogP contribution in [0.5, 0.6) is 0 Å². The molecular weight excluding hydrogens is 306 g/mol. The normalized spacial score (nSPS) is 26.2. The molecule has 2 aromatic heterocycles. The molecule has 2 aromatic rings. The molecule has 0 aromatic carbocycles. The van der Waals surface area contributed by atoms with E-state index >= 15 is 0 Å². The third-order valence-electron chi connectivity index (χ3n) is 5.20. The lowest BCUT2D eigenvalue weighted by Gasteiger charge is -2.36. The van der Waals surface area contributed by atoms with Crippen molar-refractivity contribution in [1.29, 1.82) is 0 Å². The molecular formula is C17H25N5O2. The molecule has 0 radical (unpaired) electrons. The van der Waals surface area contributed by atoms with Gasteiger partial charge in [-0.05, 0) is 12.5 Å². The standard InChI is InChI=1S/C17H25N5O2/c1-20-16(2-5-18-20)17-14(3-10-23-17)12-21-6-8-22(9-7-21)13-15-4-11-24-19-15/h2,4-5,11,14,17H,3,6-10,12-13H2,1H3/t14-,17+/m0/s1. The lowest BCUT2D eigenvalue weighted by Crippen LogP contribution is -2.47. The molecule has 0 amide bonds. The smallest absolute Gasteiger partial charge is 0.124 e. The van der Waals surface area contributed by atoms with E-state index in [0.29, 0.717) is 5.92 Å². The average molecular weight is 331 g/mol. The quantitative estimate of drug-likeness (QED) is 0.823. The average Bonchev–Trinajstić information content (AvgIpc) is 3.32. The summed E-state index contributed by atoms with van der Waals surface area (Å²) in [6, 6.07) is 4.03. The van der Waals surface area contributed by atoms with Crippen LogP contribution in [0.3, 0.4) is 0 Å². The van der Waals surface area contributed by atoms with Gasteiger partial charge in [-0.1, -0.05) is 5.16 Å². The third kappa shape index (κ3) is 3.38. The second kappa shape index (κ2) is 7.04. The first-order chi connectivity index (χ1) is 11.8. The Morgan fingerprint density at radius 1 is 1.17 bits per heavy atom. The molecule has 2 saturated heterocycles. The van der Waals surface area contributed by atoms with E-state index in [1.54, 1.807) is 6.26 Å². The molecule has 2 aliphatic heterocycles. The molecule has 24 heavy (non-hydrogen) atoms. The zero-order valence-corrected chi connectivity index (χ0v) is 14.2. The van der Waals surface area contributed by atoms with E-state index in [1.807, 2.05) is 24.0 Å². The van der Waals surface area contributed by atoms with Crippen molar-refractivity contribution in [3.8, 4) is 0 Å². The van der Waals surface area contributed by atoms with Gasteiger partial charge in [0.25, 0.3) is 0 Å². The van der Waals surface area contributed by atoms with E-state index in [4.69, 9.17) is 9.26 Å². The van der Waals surface area contributed by atoms with Gasteiger partial charge in [-0.15, -0.1) is 0 Å². The highest BCUT2D eigenvalue weighted by atomic mass is 16.5. The van der Waals surface area contributed by atoms with Crippen molar-refractivity contribution in [1.82, 2.24) is 24.7 Å². The van der Waals surface area contributed by atoms with Crippen molar-refractivity contribution < 1.29 is 9.26 Å². The highest BCUT2D eigenvalue weighted by molar-refractivity contribution is 5.08. The van der Waals surface area contributed by atoms with E-state index in [1.165, 1.54) is 5.69 Å². The number of rotatable bonds is 5. The molecule has 7 nitrogen and oxygen atoms in total. The van der Waals surface area contributed by atoms with E-state index in [9.17, 15) is 0 Å². The third-order valence-corrected chi connectivity index (χ3v) is 5.20. The van der Waals surface area contributed by atoms with Gasteiger partial charge in [-0.3, -0.25) is 9.58 Å². The summed E-state index contributed by atoms with van der Waals surface area (Å²) < 4.78 is 12.9. The van der Waals surface area contributed by atoms with E-state index < -0.39 is 0 Å². The number of aryl methyl sites for hydroxylation is 1. The summed E-state index contributed by atoms with van der Waals surface area (Å²) in [5, 5.41) is 8.29. The van der Waals surface area contributed by atoms with Crippen molar-refractivity contribution in [2.75, 3.05) is 39.3 Å². The molecule has 0 saturated carbocycles. The van der Waals surface area contributed by atoms with Crippen molar-refractivity contribution >= 4 is 0 Å². The van der Waals surface area contributed by atoms with Crippen molar-refractivity contribution in [3.05, 3.63) is 36.0 Å². The molecule has 4 heterocycles. The van der Waals surface area contributed by atoms with Crippen LogP contribution in [-0.2, 0) is 18.3 Å². The van der Waals surface area contributed by atoms with Crippen LogP contribution < -0.4 is 0 Å². The predicted molar refractivity (Wildman–Crippen MR) is 88.2 cm³/mol. The van der Waals surface area contributed by atoms with E-state index in [0.717, 1.165) is 58.0 Å². The lowest BCUT2D eigenvalue weighted by molar-refractivity contribution is 0.0586. The summed E-state index contributed by atoms with van der Waals surface area (Å²) in [6.07, 6.45) is 4.82. The summed E-state index contributed by atoms with van der Waals surface area (Å²) in [5.74, 6) is 0.558. The topological polar surface area (TPSA) is 59.6 Å². The molecule has 7 heteroatoms. The van der Waals surface area contributed by atoms with Gasteiger partial charge < -0.3 is 14.2 Å². The van der Waals surface area contributed by atoms with Gasteiger partial charge in [0, 0.05) is 71.1 Å². The first-order valence-corrected chi connectivity index (χ1v) is 8.73. The molecule has 0 N–H and O–H groups in total. The van der Waals surface area contributed by atoms with Gasteiger partial charge in [0.1, 0.15) is 12.4 Å². The van der Waals surface area contributed by atoms with Gasteiger partial charge in [-0.25, -0.2) is 0 Å². The molecule has 2 atom stereocenters. The van der Waals surface area contributed by atoms with Crippen molar-refractivity contribution in [3.63, 3.8) is 0 Å². The van der Waals surface area contributed by atoms with Crippen LogP contribution in [0, 0.1) is 5.92 Å². The highest BCUT2D eigenvalue weighted by Gasteiger charge is 2.33. The number of aromatic nitrogens is 3. The fourth-order valence-corrected chi connectivity index (χ4v) is 3.82. The second-order valence-corrected chi connectivity index (χ2v) is 6.79. The van der Waals surface area contributed by atoms with Crippen molar-refractivity contribution in [2.24, 2.45) is 13.0 Å². The first-order valence-electron chi connectivity index (χ1n) is 8.73. The summed E-state index contributed by atoms with van der Waals surface area (Å²) in [4.78, 5) is 5.01. The summed E-state index contributed by atoms with van der Waals surface area (Å²) >= 11 is 0. The zero-order chi connectivity index (χ0) is 16.4. The minimum atomic E-state index is 0.186. The predicted octanol–water partition coefficient (Wildman–Crippen LogP) is 1.30. The Morgan fingerprint density at radius 3 is 2.71 bits per heavy atom. The summed E-state index contributed by atoms with van der Waals surface area (Å²) in [5.41, 5.74) is 2.21. The van der Waals surface area contributed by atoms with Crippen molar-refractivity contribution in [2.45, 2.75) is 19.1 Å². The molecule has 130 valence electrons. The van der Waals surface area contributed by atoms with E-state index in [2.05, 4.69) is 26.1 Å². The fourth-order valence-electron chi connectivity index (χ4n) is 3.82. The Hall–Kier alpha value is -1.70. The Labute approximate surface area is 142 Å². The number of hydrogen-bond donors (Lipinski definition) is 0. The largest absolute Gasteiger partial charge is 0.372 e. The molecule has 2 fully saturated rings. The molecule has 2 aliphatic rings. The Bertz CT molecular complexity index is 633.